The van der Waals surface area contributed by atoms with Crippen LogP contribution in [0.1, 0.15) is 13.8 Å². The number of halogens is 2. The highest BCUT2D eigenvalue weighted by atomic mass is 35.5. The van der Waals surface area contributed by atoms with E-state index >= 15 is 0 Å². The average molecular weight is 220 g/mol. The Morgan fingerprint density at radius 3 is 2.77 bits per heavy atom. The highest BCUT2D eigenvalue weighted by molar-refractivity contribution is 6.32. The van der Waals surface area contributed by atoms with Gasteiger partial charge in [-0.25, -0.2) is 9.67 Å². The van der Waals surface area contributed by atoms with Gasteiger partial charge in [-0.2, -0.15) is 5.10 Å². The van der Waals surface area contributed by atoms with Gasteiger partial charge >= 0.3 is 0 Å². The van der Waals surface area contributed by atoms with Crippen LogP contribution < -0.4 is 0 Å². The molecule has 0 saturated heterocycles. The number of hydrogen-bond acceptors (Lipinski definition) is 2. The van der Waals surface area contributed by atoms with Gasteiger partial charge in [0.1, 0.15) is 12.7 Å². The molecule has 5 heteroatoms. The monoisotopic (exact) mass is 219 g/mol. The first-order valence-electron chi connectivity index (χ1n) is 3.84. The topological polar surface area (TPSA) is 30.7 Å². The van der Waals surface area contributed by atoms with Crippen LogP contribution in [0.15, 0.2) is 17.7 Å². The average Bonchev–Trinajstić information content (AvgIpc) is 2.57. The van der Waals surface area contributed by atoms with Crippen LogP contribution in [0, 0.1) is 5.41 Å². The number of alkyl halides is 1. The zero-order valence-electron chi connectivity index (χ0n) is 7.54. The lowest BCUT2D eigenvalue weighted by atomic mass is 9.96. The summed E-state index contributed by atoms with van der Waals surface area (Å²) in [6, 6.07) is 0. The molecule has 0 unspecified atom stereocenters. The molecule has 0 aromatic carbocycles. The molecular weight excluding hydrogens is 209 g/mol. The van der Waals surface area contributed by atoms with Gasteiger partial charge in [-0.15, -0.1) is 11.6 Å². The van der Waals surface area contributed by atoms with Gasteiger partial charge < -0.3 is 0 Å². The predicted molar refractivity (Wildman–Crippen MR) is 54.6 cm³/mol. The van der Waals surface area contributed by atoms with Gasteiger partial charge in [0, 0.05) is 22.5 Å². The number of allylic oxidation sites excluding steroid dienone is 1. The molecule has 1 heterocycles. The molecule has 0 atom stereocenters. The van der Waals surface area contributed by atoms with Crippen LogP contribution in [-0.2, 0) is 0 Å². The van der Waals surface area contributed by atoms with Crippen LogP contribution in [-0.4, -0.2) is 20.6 Å². The summed E-state index contributed by atoms with van der Waals surface area (Å²) in [7, 11) is 0. The van der Waals surface area contributed by atoms with Crippen molar-refractivity contribution in [3.63, 3.8) is 0 Å². The first-order chi connectivity index (χ1) is 6.06. The van der Waals surface area contributed by atoms with Gasteiger partial charge in [-0.1, -0.05) is 25.4 Å². The summed E-state index contributed by atoms with van der Waals surface area (Å²) in [5.74, 6) is 0.469. The van der Waals surface area contributed by atoms with E-state index in [4.69, 9.17) is 23.2 Å². The third kappa shape index (κ3) is 2.71. The number of hydrogen-bond donors (Lipinski definition) is 0. The summed E-state index contributed by atoms with van der Waals surface area (Å²) in [4.78, 5) is 3.80. The van der Waals surface area contributed by atoms with Crippen molar-refractivity contribution in [1.29, 1.82) is 0 Å². The maximum atomic E-state index is 6.05. The van der Waals surface area contributed by atoms with Crippen LogP contribution in [0.2, 0.25) is 0 Å². The fourth-order valence-corrected chi connectivity index (χ4v) is 1.02. The first kappa shape index (κ1) is 10.5. The van der Waals surface area contributed by atoms with Crippen molar-refractivity contribution < 1.29 is 0 Å². The van der Waals surface area contributed by atoms with Gasteiger partial charge in [0.25, 0.3) is 0 Å². The van der Waals surface area contributed by atoms with E-state index in [-0.39, 0.29) is 5.41 Å². The van der Waals surface area contributed by atoms with Gasteiger partial charge in [-0.05, 0) is 0 Å². The molecule has 0 amide bonds. The molecule has 0 radical (unpaired) electrons. The minimum absolute atomic E-state index is 0.227. The van der Waals surface area contributed by atoms with Crippen LogP contribution in [0.3, 0.4) is 0 Å². The SMILES string of the molecule is CC(C)(CCl)/C(Cl)=C/n1cncn1. The highest BCUT2D eigenvalue weighted by Gasteiger charge is 2.20. The van der Waals surface area contributed by atoms with Gasteiger partial charge in [0.15, 0.2) is 0 Å². The summed E-state index contributed by atoms with van der Waals surface area (Å²) in [5, 5.41) is 4.57. The summed E-state index contributed by atoms with van der Waals surface area (Å²) < 4.78 is 1.55. The third-order valence-corrected chi connectivity index (χ3v) is 2.94. The molecule has 0 fully saturated rings. The number of rotatable bonds is 3. The normalized spacial score (nSPS) is 13.4. The van der Waals surface area contributed by atoms with Crippen LogP contribution in [0.4, 0.5) is 0 Å². The Kier molecular flexibility index (Phi) is 3.33. The van der Waals surface area contributed by atoms with Crippen molar-refractivity contribution in [3.05, 3.63) is 17.7 Å². The van der Waals surface area contributed by atoms with E-state index in [0.717, 1.165) is 0 Å². The second-order valence-corrected chi connectivity index (χ2v) is 4.04. The minimum Gasteiger partial charge on any atom is -0.227 e. The van der Waals surface area contributed by atoms with E-state index in [0.29, 0.717) is 10.9 Å². The quantitative estimate of drug-likeness (QED) is 0.733. The molecule has 0 aliphatic heterocycles. The maximum Gasteiger partial charge on any atom is 0.138 e. The Labute approximate surface area is 87.4 Å². The van der Waals surface area contributed by atoms with Crippen molar-refractivity contribution in [2.45, 2.75) is 13.8 Å². The van der Waals surface area contributed by atoms with Gasteiger partial charge in [0.05, 0.1) is 0 Å². The lowest BCUT2D eigenvalue weighted by Gasteiger charge is -2.19. The molecular formula is C8H11Cl2N3. The highest BCUT2D eigenvalue weighted by Crippen LogP contribution is 2.30. The van der Waals surface area contributed by atoms with Crippen LogP contribution >= 0.6 is 23.2 Å². The van der Waals surface area contributed by atoms with Gasteiger partial charge in [0.2, 0.25) is 0 Å². The number of aromatic nitrogens is 3. The Morgan fingerprint density at radius 2 is 2.31 bits per heavy atom. The Morgan fingerprint density at radius 1 is 1.62 bits per heavy atom. The van der Waals surface area contributed by atoms with Crippen LogP contribution in [0.25, 0.3) is 6.20 Å². The van der Waals surface area contributed by atoms with Gasteiger partial charge in [-0.3, -0.25) is 0 Å². The zero-order chi connectivity index (χ0) is 9.90. The lowest BCUT2D eigenvalue weighted by Crippen LogP contribution is -2.14. The summed E-state index contributed by atoms with van der Waals surface area (Å²) in [6.45, 7) is 3.94. The Bertz CT molecular complexity index is 290. The fraction of sp³-hybridized carbons (Fsp3) is 0.500. The summed E-state index contributed by atoms with van der Waals surface area (Å²) in [5.41, 5.74) is -0.227. The minimum atomic E-state index is -0.227. The van der Waals surface area contributed by atoms with E-state index < -0.39 is 0 Å². The second-order valence-electron chi connectivity index (χ2n) is 3.37. The number of nitrogens with zero attached hydrogens (tertiary/aromatic N) is 3. The zero-order valence-corrected chi connectivity index (χ0v) is 9.05. The standard InChI is InChI=1S/C8H11Cl2N3/c1-8(2,4-9)7(10)3-13-6-11-5-12-13/h3,5-6H,4H2,1-2H3/b7-3-. The Balaban J connectivity index is 2.84. The molecule has 0 bridgehead atoms. The molecule has 1 aromatic heterocycles. The molecule has 0 N–H and O–H groups in total. The van der Waals surface area contributed by atoms with Crippen molar-refractivity contribution in [3.8, 4) is 0 Å². The molecule has 0 saturated carbocycles. The fourth-order valence-electron chi connectivity index (χ4n) is 0.639. The van der Waals surface area contributed by atoms with Crippen LogP contribution in [0.5, 0.6) is 0 Å². The van der Waals surface area contributed by atoms with E-state index in [2.05, 4.69) is 10.1 Å². The van der Waals surface area contributed by atoms with Crippen molar-refractivity contribution in [2.24, 2.45) is 5.41 Å². The summed E-state index contributed by atoms with van der Waals surface area (Å²) >= 11 is 11.8. The molecule has 1 aromatic rings. The maximum absolute atomic E-state index is 6.05. The second kappa shape index (κ2) is 4.11. The first-order valence-corrected chi connectivity index (χ1v) is 4.75. The molecule has 13 heavy (non-hydrogen) atoms. The van der Waals surface area contributed by atoms with Crippen molar-refractivity contribution >= 4 is 29.4 Å². The molecule has 0 aliphatic carbocycles. The molecule has 72 valence electrons. The molecule has 1 rings (SSSR count). The predicted octanol–water partition coefficient (Wildman–Crippen LogP) is 2.58. The van der Waals surface area contributed by atoms with E-state index in [1.165, 1.54) is 6.33 Å². The lowest BCUT2D eigenvalue weighted by molar-refractivity contribution is 0.539. The van der Waals surface area contributed by atoms with E-state index in [9.17, 15) is 0 Å². The third-order valence-electron chi connectivity index (χ3n) is 1.66. The molecule has 0 aliphatic rings. The Hall–Kier alpha value is -0.540. The smallest absolute Gasteiger partial charge is 0.138 e. The largest absolute Gasteiger partial charge is 0.227 e. The van der Waals surface area contributed by atoms with E-state index in [1.807, 2.05) is 13.8 Å². The molecule has 0 spiro atoms. The van der Waals surface area contributed by atoms with Crippen molar-refractivity contribution in [2.75, 3.05) is 5.88 Å². The van der Waals surface area contributed by atoms with Crippen molar-refractivity contribution in [1.82, 2.24) is 14.8 Å². The molecule has 3 nitrogen and oxygen atoms in total. The summed E-state index contributed by atoms with van der Waals surface area (Å²) in [6.07, 6.45) is 4.73. The van der Waals surface area contributed by atoms with E-state index in [1.54, 1.807) is 17.2 Å².